The van der Waals surface area contributed by atoms with Crippen LogP contribution < -0.4 is 10.2 Å². The Morgan fingerprint density at radius 3 is 3.00 bits per heavy atom. The van der Waals surface area contributed by atoms with Crippen molar-refractivity contribution in [3.05, 3.63) is 28.7 Å². The van der Waals surface area contributed by atoms with Gasteiger partial charge in [-0.2, -0.15) is 0 Å². The minimum Gasteiger partial charge on any atom is -0.394 e. The van der Waals surface area contributed by atoms with Crippen LogP contribution in [0.1, 0.15) is 6.92 Å². The highest BCUT2D eigenvalue weighted by Gasteiger charge is 2.33. The smallest absolute Gasteiger partial charge is 0.246 e. The fraction of sp³-hybridized carbons (Fsp3) is 0.417. The Hall–Kier alpha value is -0.910. The van der Waals surface area contributed by atoms with Crippen molar-refractivity contribution < 1.29 is 9.90 Å². The van der Waals surface area contributed by atoms with E-state index in [-0.39, 0.29) is 18.6 Å². The summed E-state index contributed by atoms with van der Waals surface area (Å²) in [6.45, 7) is 2.50. The molecule has 1 aromatic carbocycles. The molecule has 2 unspecified atom stereocenters. The van der Waals surface area contributed by atoms with Crippen molar-refractivity contribution in [2.75, 3.05) is 18.1 Å². The predicted molar refractivity (Wildman–Crippen MR) is 70.0 cm³/mol. The predicted octanol–water partition coefficient (Wildman–Crippen LogP) is 1.13. The molecule has 1 fully saturated rings. The number of rotatable bonds is 2. The second-order valence-corrected chi connectivity index (χ2v) is 5.10. The molecule has 0 aliphatic carbocycles. The normalized spacial score (nSPS) is 25.1. The highest BCUT2D eigenvalue weighted by atomic mass is 79.9. The number of anilines is 1. The quantitative estimate of drug-likeness (QED) is 0.861. The summed E-state index contributed by atoms with van der Waals surface area (Å²) in [5.74, 6) is -0.0793. The highest BCUT2D eigenvalue weighted by Crippen LogP contribution is 2.24. The number of hydrogen-bond acceptors (Lipinski definition) is 3. The molecule has 0 aromatic heterocycles. The van der Waals surface area contributed by atoms with Gasteiger partial charge in [-0.15, -0.1) is 0 Å². The van der Waals surface area contributed by atoms with Crippen LogP contribution in [0.3, 0.4) is 0 Å². The summed E-state index contributed by atoms with van der Waals surface area (Å²) in [6.07, 6.45) is 0. The molecule has 2 atom stereocenters. The van der Waals surface area contributed by atoms with Gasteiger partial charge < -0.3 is 15.3 Å². The molecular weight excluding hydrogens is 284 g/mol. The van der Waals surface area contributed by atoms with Gasteiger partial charge in [0.05, 0.1) is 6.61 Å². The number of nitrogens with zero attached hydrogens (tertiary/aromatic N) is 1. The van der Waals surface area contributed by atoms with E-state index in [1.165, 1.54) is 0 Å². The van der Waals surface area contributed by atoms with E-state index < -0.39 is 6.04 Å². The molecule has 1 aliphatic heterocycles. The van der Waals surface area contributed by atoms with Gasteiger partial charge in [-0.3, -0.25) is 4.79 Å². The van der Waals surface area contributed by atoms with Crippen LogP contribution in [-0.2, 0) is 4.79 Å². The fourth-order valence-corrected chi connectivity index (χ4v) is 2.41. The van der Waals surface area contributed by atoms with Crippen LogP contribution in [0, 0.1) is 0 Å². The third-order valence-corrected chi connectivity index (χ3v) is 3.40. The summed E-state index contributed by atoms with van der Waals surface area (Å²) in [4.78, 5) is 13.9. The first-order chi connectivity index (χ1) is 8.13. The van der Waals surface area contributed by atoms with Gasteiger partial charge in [0.1, 0.15) is 6.04 Å². The number of halogens is 1. The Morgan fingerprint density at radius 2 is 2.35 bits per heavy atom. The summed E-state index contributed by atoms with van der Waals surface area (Å²) >= 11 is 3.40. The van der Waals surface area contributed by atoms with Gasteiger partial charge in [-0.25, -0.2) is 0 Å². The van der Waals surface area contributed by atoms with Gasteiger partial charge in [0, 0.05) is 22.7 Å². The molecule has 1 aromatic rings. The summed E-state index contributed by atoms with van der Waals surface area (Å²) < 4.78 is 0.939. The largest absolute Gasteiger partial charge is 0.394 e. The van der Waals surface area contributed by atoms with Gasteiger partial charge in [0.2, 0.25) is 5.91 Å². The Kier molecular flexibility index (Phi) is 3.81. The number of aliphatic hydroxyl groups is 1. The van der Waals surface area contributed by atoms with Gasteiger partial charge in [0.15, 0.2) is 0 Å². The van der Waals surface area contributed by atoms with E-state index in [1.54, 1.807) is 4.90 Å². The zero-order valence-electron chi connectivity index (χ0n) is 9.56. The minimum absolute atomic E-state index is 0.0793. The Morgan fingerprint density at radius 1 is 1.59 bits per heavy atom. The zero-order valence-corrected chi connectivity index (χ0v) is 11.1. The maximum Gasteiger partial charge on any atom is 0.246 e. The minimum atomic E-state index is -0.495. The van der Waals surface area contributed by atoms with Crippen molar-refractivity contribution in [3.63, 3.8) is 0 Å². The van der Waals surface area contributed by atoms with Gasteiger partial charge in [-0.05, 0) is 25.1 Å². The highest BCUT2D eigenvalue weighted by molar-refractivity contribution is 9.10. The fourth-order valence-electron chi connectivity index (χ4n) is 2.03. The van der Waals surface area contributed by atoms with Crippen LogP contribution in [-0.4, -0.2) is 36.2 Å². The van der Waals surface area contributed by atoms with Gasteiger partial charge in [-0.1, -0.05) is 22.0 Å². The van der Waals surface area contributed by atoms with E-state index in [0.29, 0.717) is 6.54 Å². The van der Waals surface area contributed by atoms with Crippen LogP contribution in [0.5, 0.6) is 0 Å². The third-order valence-electron chi connectivity index (χ3n) is 2.90. The number of carbonyl (C=O) groups is 1. The summed E-state index contributed by atoms with van der Waals surface area (Å²) in [7, 11) is 0. The van der Waals surface area contributed by atoms with Crippen LogP contribution in [0.25, 0.3) is 0 Å². The molecular formula is C12H15BrN2O2. The lowest BCUT2D eigenvalue weighted by atomic mass is 10.1. The second-order valence-electron chi connectivity index (χ2n) is 4.18. The SMILES string of the molecule is CC1CNC(CO)C(=O)N1c1cccc(Br)c1. The maximum atomic E-state index is 12.2. The Bertz CT molecular complexity index is 425. The van der Waals surface area contributed by atoms with Crippen LogP contribution in [0.15, 0.2) is 28.7 Å². The summed E-state index contributed by atoms with van der Waals surface area (Å²) in [5.41, 5.74) is 0.858. The molecule has 0 bridgehead atoms. The van der Waals surface area contributed by atoms with Crippen molar-refractivity contribution in [1.82, 2.24) is 5.32 Å². The van der Waals surface area contributed by atoms with Crippen molar-refractivity contribution in [2.45, 2.75) is 19.0 Å². The maximum absolute atomic E-state index is 12.2. The van der Waals surface area contributed by atoms with E-state index in [9.17, 15) is 4.79 Å². The Balaban J connectivity index is 2.31. The lowest BCUT2D eigenvalue weighted by molar-refractivity contribution is -0.123. The molecule has 5 heteroatoms. The number of carbonyl (C=O) groups excluding carboxylic acids is 1. The van der Waals surface area contributed by atoms with Gasteiger partial charge >= 0.3 is 0 Å². The van der Waals surface area contributed by atoms with Crippen molar-refractivity contribution in [1.29, 1.82) is 0 Å². The molecule has 0 saturated carbocycles. The molecule has 1 heterocycles. The van der Waals surface area contributed by atoms with E-state index >= 15 is 0 Å². The third kappa shape index (κ3) is 2.51. The van der Waals surface area contributed by atoms with Crippen molar-refractivity contribution >= 4 is 27.5 Å². The molecule has 2 rings (SSSR count). The molecule has 0 spiro atoms. The number of amides is 1. The van der Waals surface area contributed by atoms with E-state index in [2.05, 4.69) is 21.2 Å². The van der Waals surface area contributed by atoms with Crippen LogP contribution in [0.2, 0.25) is 0 Å². The molecule has 1 amide bonds. The zero-order chi connectivity index (χ0) is 12.4. The van der Waals surface area contributed by atoms with E-state index in [4.69, 9.17) is 5.11 Å². The topological polar surface area (TPSA) is 52.6 Å². The number of aliphatic hydroxyl groups excluding tert-OH is 1. The first-order valence-electron chi connectivity index (χ1n) is 5.56. The monoisotopic (exact) mass is 298 g/mol. The van der Waals surface area contributed by atoms with E-state index in [0.717, 1.165) is 10.2 Å². The lowest BCUT2D eigenvalue weighted by Gasteiger charge is -2.37. The molecule has 1 saturated heterocycles. The summed E-state index contributed by atoms with van der Waals surface area (Å²) in [6, 6.07) is 7.22. The molecule has 4 nitrogen and oxygen atoms in total. The second kappa shape index (κ2) is 5.16. The number of piperazine rings is 1. The molecule has 2 N–H and O–H groups in total. The molecule has 0 radical (unpaired) electrons. The molecule has 17 heavy (non-hydrogen) atoms. The Labute approximate surface area is 109 Å². The number of benzene rings is 1. The number of hydrogen-bond donors (Lipinski definition) is 2. The average molecular weight is 299 g/mol. The standard InChI is InChI=1S/C12H15BrN2O2/c1-8-6-14-11(7-16)12(17)15(8)10-4-2-3-9(13)5-10/h2-5,8,11,14,16H,6-7H2,1H3. The average Bonchev–Trinajstić information content (AvgIpc) is 2.29. The van der Waals surface area contributed by atoms with Crippen molar-refractivity contribution in [2.24, 2.45) is 0 Å². The molecule has 92 valence electrons. The van der Waals surface area contributed by atoms with Crippen LogP contribution >= 0.6 is 15.9 Å². The van der Waals surface area contributed by atoms with Crippen LogP contribution in [0.4, 0.5) is 5.69 Å². The first-order valence-corrected chi connectivity index (χ1v) is 6.35. The van der Waals surface area contributed by atoms with Crippen molar-refractivity contribution in [3.8, 4) is 0 Å². The first kappa shape index (κ1) is 12.5. The summed E-state index contributed by atoms with van der Waals surface area (Å²) in [5, 5.41) is 12.2. The molecule has 1 aliphatic rings. The van der Waals surface area contributed by atoms with Gasteiger partial charge in [0.25, 0.3) is 0 Å². The van der Waals surface area contributed by atoms with E-state index in [1.807, 2.05) is 31.2 Å². The lowest BCUT2D eigenvalue weighted by Crippen LogP contribution is -2.60. The number of nitrogens with one attached hydrogen (secondary N) is 1.